The van der Waals surface area contributed by atoms with Gasteiger partial charge < -0.3 is 5.32 Å². The Morgan fingerprint density at radius 2 is 1.89 bits per heavy atom. The molecule has 2 nitrogen and oxygen atoms in total. The van der Waals surface area contributed by atoms with Gasteiger partial charge in [-0.3, -0.25) is 4.90 Å². The van der Waals surface area contributed by atoms with E-state index in [-0.39, 0.29) is 0 Å². The van der Waals surface area contributed by atoms with Crippen LogP contribution in [-0.2, 0) is 6.42 Å². The molecular formula is C17H28N2. The SMILES string of the molecule is CCc1ccc(C(C)NC2CCN(C(C)C)C2)cc1. The van der Waals surface area contributed by atoms with E-state index >= 15 is 0 Å². The van der Waals surface area contributed by atoms with Crippen molar-refractivity contribution >= 4 is 0 Å². The highest BCUT2D eigenvalue weighted by Crippen LogP contribution is 2.18. The minimum atomic E-state index is 0.447. The summed E-state index contributed by atoms with van der Waals surface area (Å²) in [4.78, 5) is 2.56. The number of nitrogens with one attached hydrogen (secondary N) is 1. The van der Waals surface area contributed by atoms with E-state index in [1.807, 2.05) is 0 Å². The molecule has 0 spiro atoms. The van der Waals surface area contributed by atoms with Gasteiger partial charge in [0.1, 0.15) is 0 Å². The van der Waals surface area contributed by atoms with Crippen LogP contribution in [0.25, 0.3) is 0 Å². The lowest BCUT2D eigenvalue weighted by Crippen LogP contribution is -2.36. The summed E-state index contributed by atoms with van der Waals surface area (Å²) < 4.78 is 0. The van der Waals surface area contributed by atoms with Crippen LogP contribution < -0.4 is 5.32 Å². The summed E-state index contributed by atoms with van der Waals surface area (Å²) in [5.74, 6) is 0. The second-order valence-corrected chi connectivity index (χ2v) is 6.06. The molecule has 0 aliphatic carbocycles. The van der Waals surface area contributed by atoms with Crippen LogP contribution in [-0.4, -0.2) is 30.1 Å². The first kappa shape index (κ1) is 14.5. The maximum absolute atomic E-state index is 3.78. The fourth-order valence-corrected chi connectivity index (χ4v) is 2.88. The number of nitrogens with zero attached hydrogens (tertiary/aromatic N) is 1. The zero-order valence-corrected chi connectivity index (χ0v) is 12.8. The fourth-order valence-electron chi connectivity index (χ4n) is 2.88. The van der Waals surface area contributed by atoms with Gasteiger partial charge in [0.05, 0.1) is 0 Å². The molecule has 1 aromatic carbocycles. The predicted octanol–water partition coefficient (Wildman–Crippen LogP) is 3.38. The molecule has 2 unspecified atom stereocenters. The topological polar surface area (TPSA) is 15.3 Å². The Kier molecular flexibility index (Phi) is 5.00. The van der Waals surface area contributed by atoms with Gasteiger partial charge >= 0.3 is 0 Å². The summed E-state index contributed by atoms with van der Waals surface area (Å²) in [5, 5.41) is 3.78. The Bertz CT molecular complexity index is 383. The summed E-state index contributed by atoms with van der Waals surface area (Å²) in [6, 6.07) is 10.8. The Balaban J connectivity index is 1.88. The summed E-state index contributed by atoms with van der Waals surface area (Å²) in [5.41, 5.74) is 2.82. The van der Waals surface area contributed by atoms with E-state index in [0.29, 0.717) is 18.1 Å². The van der Waals surface area contributed by atoms with Crippen LogP contribution in [0.4, 0.5) is 0 Å². The Morgan fingerprint density at radius 1 is 1.21 bits per heavy atom. The van der Waals surface area contributed by atoms with E-state index in [1.54, 1.807) is 0 Å². The smallest absolute Gasteiger partial charge is 0.0294 e. The van der Waals surface area contributed by atoms with Crippen LogP contribution >= 0.6 is 0 Å². The number of aryl methyl sites for hydroxylation is 1. The third-order valence-corrected chi connectivity index (χ3v) is 4.32. The molecule has 1 aromatic rings. The molecule has 2 atom stereocenters. The summed E-state index contributed by atoms with van der Waals surface area (Å²) in [7, 11) is 0. The number of likely N-dealkylation sites (tertiary alicyclic amines) is 1. The van der Waals surface area contributed by atoms with Crippen molar-refractivity contribution in [3.63, 3.8) is 0 Å². The van der Waals surface area contributed by atoms with E-state index in [4.69, 9.17) is 0 Å². The lowest BCUT2D eigenvalue weighted by Gasteiger charge is -2.23. The maximum atomic E-state index is 3.78. The quantitative estimate of drug-likeness (QED) is 0.873. The summed E-state index contributed by atoms with van der Waals surface area (Å²) in [6.45, 7) is 11.5. The van der Waals surface area contributed by atoms with Gasteiger partial charge in [-0.05, 0) is 51.3 Å². The van der Waals surface area contributed by atoms with E-state index in [1.165, 1.54) is 30.6 Å². The molecule has 0 bridgehead atoms. The van der Waals surface area contributed by atoms with Crippen LogP contribution in [0.5, 0.6) is 0 Å². The normalized spacial score (nSPS) is 22.1. The van der Waals surface area contributed by atoms with E-state index in [2.05, 4.69) is 62.2 Å². The third kappa shape index (κ3) is 3.80. The molecule has 1 aliphatic rings. The van der Waals surface area contributed by atoms with Gasteiger partial charge in [0.25, 0.3) is 0 Å². The largest absolute Gasteiger partial charge is 0.306 e. The first-order chi connectivity index (χ1) is 9.10. The van der Waals surface area contributed by atoms with Gasteiger partial charge in [-0.15, -0.1) is 0 Å². The Labute approximate surface area is 118 Å². The van der Waals surface area contributed by atoms with Crippen LogP contribution in [0.15, 0.2) is 24.3 Å². The monoisotopic (exact) mass is 260 g/mol. The summed E-state index contributed by atoms with van der Waals surface area (Å²) in [6.07, 6.45) is 2.39. The Hall–Kier alpha value is -0.860. The molecule has 1 aliphatic heterocycles. The number of benzene rings is 1. The van der Waals surface area contributed by atoms with Gasteiger partial charge in [-0.25, -0.2) is 0 Å². The molecule has 106 valence electrons. The highest BCUT2D eigenvalue weighted by atomic mass is 15.2. The average Bonchev–Trinajstić information content (AvgIpc) is 2.87. The van der Waals surface area contributed by atoms with Crippen molar-refractivity contribution in [2.24, 2.45) is 0 Å². The third-order valence-electron chi connectivity index (χ3n) is 4.32. The molecule has 1 N–H and O–H groups in total. The molecular weight excluding hydrogens is 232 g/mol. The van der Waals surface area contributed by atoms with Crippen LogP contribution in [0, 0.1) is 0 Å². The molecule has 1 heterocycles. The van der Waals surface area contributed by atoms with Gasteiger partial charge in [-0.1, -0.05) is 31.2 Å². The van der Waals surface area contributed by atoms with E-state index in [0.717, 1.165) is 6.42 Å². The second kappa shape index (κ2) is 6.53. The lowest BCUT2D eigenvalue weighted by atomic mass is 10.0. The van der Waals surface area contributed by atoms with Crippen molar-refractivity contribution in [2.75, 3.05) is 13.1 Å². The Morgan fingerprint density at radius 3 is 2.42 bits per heavy atom. The van der Waals surface area contributed by atoms with Gasteiger partial charge in [0.2, 0.25) is 0 Å². The molecule has 0 radical (unpaired) electrons. The molecule has 1 fully saturated rings. The molecule has 0 saturated carbocycles. The fraction of sp³-hybridized carbons (Fsp3) is 0.647. The zero-order chi connectivity index (χ0) is 13.8. The van der Waals surface area contributed by atoms with Crippen molar-refractivity contribution in [3.05, 3.63) is 35.4 Å². The van der Waals surface area contributed by atoms with Crippen LogP contribution in [0.3, 0.4) is 0 Å². The van der Waals surface area contributed by atoms with Crippen LogP contribution in [0.1, 0.15) is 51.3 Å². The van der Waals surface area contributed by atoms with Gasteiger partial charge in [0, 0.05) is 24.7 Å². The lowest BCUT2D eigenvalue weighted by molar-refractivity contribution is 0.266. The van der Waals surface area contributed by atoms with Gasteiger partial charge in [0.15, 0.2) is 0 Å². The van der Waals surface area contributed by atoms with Crippen molar-refractivity contribution in [1.82, 2.24) is 10.2 Å². The second-order valence-electron chi connectivity index (χ2n) is 6.06. The van der Waals surface area contributed by atoms with Crippen molar-refractivity contribution in [2.45, 2.75) is 58.7 Å². The molecule has 2 heteroatoms. The predicted molar refractivity (Wildman–Crippen MR) is 82.5 cm³/mol. The molecule has 1 saturated heterocycles. The number of rotatable bonds is 5. The zero-order valence-electron chi connectivity index (χ0n) is 12.8. The number of hydrogen-bond acceptors (Lipinski definition) is 2. The van der Waals surface area contributed by atoms with E-state index < -0.39 is 0 Å². The number of hydrogen-bond donors (Lipinski definition) is 1. The molecule has 0 amide bonds. The minimum absolute atomic E-state index is 0.447. The molecule has 19 heavy (non-hydrogen) atoms. The van der Waals surface area contributed by atoms with Crippen LogP contribution in [0.2, 0.25) is 0 Å². The van der Waals surface area contributed by atoms with Crippen molar-refractivity contribution < 1.29 is 0 Å². The van der Waals surface area contributed by atoms with Crippen molar-refractivity contribution in [1.29, 1.82) is 0 Å². The molecule has 0 aromatic heterocycles. The standard InChI is InChI=1S/C17H28N2/c1-5-15-6-8-16(9-7-15)14(4)18-17-10-11-19(12-17)13(2)3/h6-9,13-14,17-18H,5,10-12H2,1-4H3. The highest BCUT2D eigenvalue weighted by Gasteiger charge is 2.25. The van der Waals surface area contributed by atoms with Crippen molar-refractivity contribution in [3.8, 4) is 0 Å². The highest BCUT2D eigenvalue weighted by molar-refractivity contribution is 5.24. The minimum Gasteiger partial charge on any atom is -0.306 e. The maximum Gasteiger partial charge on any atom is 0.0294 e. The average molecular weight is 260 g/mol. The first-order valence-corrected chi connectivity index (χ1v) is 7.69. The molecule has 2 rings (SSSR count). The summed E-state index contributed by atoms with van der Waals surface area (Å²) >= 11 is 0. The van der Waals surface area contributed by atoms with Gasteiger partial charge in [-0.2, -0.15) is 0 Å². The van der Waals surface area contributed by atoms with E-state index in [9.17, 15) is 0 Å². The first-order valence-electron chi connectivity index (χ1n) is 7.69.